The topological polar surface area (TPSA) is 70.2 Å². The van der Waals surface area contributed by atoms with Gasteiger partial charge in [-0.3, -0.25) is 9.89 Å². The molecular formula is C16H24N4O2. The molecule has 0 aliphatic carbocycles. The van der Waals surface area contributed by atoms with E-state index in [0.29, 0.717) is 18.2 Å². The number of H-pyrrole nitrogens is 1. The molecule has 0 aromatic carbocycles. The van der Waals surface area contributed by atoms with Crippen LogP contribution in [0.5, 0.6) is 0 Å². The van der Waals surface area contributed by atoms with Crippen molar-refractivity contribution in [3.8, 4) is 0 Å². The van der Waals surface area contributed by atoms with Crippen molar-refractivity contribution in [1.82, 2.24) is 20.4 Å². The summed E-state index contributed by atoms with van der Waals surface area (Å²) in [6.45, 7) is 4.38. The first-order valence-electron chi connectivity index (χ1n) is 8.42. The van der Waals surface area contributed by atoms with Crippen LogP contribution < -0.4 is 5.32 Å². The zero-order chi connectivity index (χ0) is 15.0. The van der Waals surface area contributed by atoms with Crippen molar-refractivity contribution < 1.29 is 9.53 Å². The average molecular weight is 304 g/mol. The van der Waals surface area contributed by atoms with Gasteiger partial charge in [-0.1, -0.05) is 0 Å². The third-order valence-corrected chi connectivity index (χ3v) is 5.47. The fraction of sp³-hybridized carbons (Fsp3) is 0.750. The van der Waals surface area contributed by atoms with Gasteiger partial charge < -0.3 is 15.0 Å². The maximum absolute atomic E-state index is 12.5. The van der Waals surface area contributed by atoms with Gasteiger partial charge in [0.05, 0.1) is 18.5 Å². The molecule has 2 fully saturated rings. The lowest BCUT2D eigenvalue weighted by Crippen LogP contribution is -2.48. The zero-order valence-electron chi connectivity index (χ0n) is 12.9. The van der Waals surface area contributed by atoms with E-state index in [0.717, 1.165) is 64.2 Å². The van der Waals surface area contributed by atoms with E-state index >= 15 is 0 Å². The van der Waals surface area contributed by atoms with E-state index in [1.54, 1.807) is 0 Å². The molecule has 2 saturated heterocycles. The van der Waals surface area contributed by atoms with E-state index in [9.17, 15) is 4.79 Å². The van der Waals surface area contributed by atoms with Gasteiger partial charge in [0, 0.05) is 19.5 Å². The van der Waals surface area contributed by atoms with Crippen LogP contribution in [0.15, 0.2) is 6.20 Å². The number of hydrogen-bond donors (Lipinski definition) is 2. The number of fused-ring (bicyclic) bond motifs is 2. The summed E-state index contributed by atoms with van der Waals surface area (Å²) in [5.74, 6) is 0.831. The van der Waals surface area contributed by atoms with Crippen LogP contribution in [0.1, 0.15) is 36.9 Å². The molecule has 1 unspecified atom stereocenters. The summed E-state index contributed by atoms with van der Waals surface area (Å²) in [6.07, 6.45) is 6.42. The number of amides is 1. The molecule has 6 nitrogen and oxygen atoms in total. The number of ether oxygens (including phenoxy) is 1. The molecule has 1 aromatic rings. The lowest BCUT2D eigenvalue weighted by Gasteiger charge is -2.43. The molecule has 0 bridgehead atoms. The highest BCUT2D eigenvalue weighted by atomic mass is 16.5. The van der Waals surface area contributed by atoms with Gasteiger partial charge in [-0.2, -0.15) is 5.10 Å². The lowest BCUT2D eigenvalue weighted by molar-refractivity contribution is -0.142. The van der Waals surface area contributed by atoms with Gasteiger partial charge in [0.15, 0.2) is 0 Å². The third kappa shape index (κ3) is 2.44. The molecule has 2 N–H and O–H groups in total. The lowest BCUT2D eigenvalue weighted by atomic mass is 9.83. The number of piperidine rings is 1. The predicted molar refractivity (Wildman–Crippen MR) is 81.3 cm³/mol. The fourth-order valence-electron chi connectivity index (χ4n) is 4.10. The molecule has 4 heterocycles. The average Bonchev–Trinajstić information content (AvgIpc) is 3.20. The molecule has 3 aliphatic heterocycles. The number of likely N-dealkylation sites (tertiary alicyclic amines) is 1. The number of aromatic nitrogens is 2. The van der Waals surface area contributed by atoms with Gasteiger partial charge in [-0.15, -0.1) is 0 Å². The van der Waals surface area contributed by atoms with Crippen molar-refractivity contribution in [2.45, 2.75) is 37.7 Å². The highest BCUT2D eigenvalue weighted by Gasteiger charge is 2.43. The standard InChI is InChI=1S/C16H24N4O2/c21-14(9-12-1-5-17-10-12)20-6-3-16(4-7-20)15-13(2-8-22-16)11-18-19-15/h11-12,17H,1-10H2,(H,18,19). The molecule has 0 radical (unpaired) electrons. The van der Waals surface area contributed by atoms with Gasteiger partial charge in [-0.05, 0) is 50.3 Å². The number of aromatic amines is 1. The van der Waals surface area contributed by atoms with Crippen LogP contribution in [0.3, 0.4) is 0 Å². The molecule has 1 aromatic heterocycles. The van der Waals surface area contributed by atoms with Gasteiger partial charge in [-0.25, -0.2) is 0 Å². The van der Waals surface area contributed by atoms with Crippen LogP contribution in [0.25, 0.3) is 0 Å². The highest BCUT2D eigenvalue weighted by molar-refractivity contribution is 5.76. The molecule has 1 amide bonds. The Morgan fingerprint density at radius 2 is 2.32 bits per heavy atom. The van der Waals surface area contributed by atoms with Crippen LogP contribution in [0, 0.1) is 5.92 Å². The molecule has 6 heteroatoms. The molecule has 1 atom stereocenters. The molecular weight excluding hydrogens is 280 g/mol. The smallest absolute Gasteiger partial charge is 0.222 e. The second-order valence-corrected chi connectivity index (χ2v) is 6.81. The van der Waals surface area contributed by atoms with Crippen molar-refractivity contribution in [3.63, 3.8) is 0 Å². The second kappa shape index (κ2) is 5.66. The van der Waals surface area contributed by atoms with Crippen molar-refractivity contribution in [1.29, 1.82) is 0 Å². The Morgan fingerprint density at radius 3 is 3.09 bits per heavy atom. The summed E-state index contributed by atoms with van der Waals surface area (Å²) >= 11 is 0. The Labute approximate surface area is 130 Å². The van der Waals surface area contributed by atoms with Crippen LogP contribution >= 0.6 is 0 Å². The van der Waals surface area contributed by atoms with Gasteiger partial charge in [0.2, 0.25) is 5.91 Å². The number of nitrogens with zero attached hydrogens (tertiary/aromatic N) is 2. The van der Waals surface area contributed by atoms with Crippen LogP contribution in [-0.4, -0.2) is 53.8 Å². The molecule has 1 spiro atoms. The Bertz CT molecular complexity index is 542. The Morgan fingerprint density at radius 1 is 1.45 bits per heavy atom. The van der Waals surface area contributed by atoms with E-state index in [4.69, 9.17) is 4.74 Å². The van der Waals surface area contributed by atoms with Crippen LogP contribution in [0.2, 0.25) is 0 Å². The van der Waals surface area contributed by atoms with E-state index < -0.39 is 0 Å². The second-order valence-electron chi connectivity index (χ2n) is 6.81. The third-order valence-electron chi connectivity index (χ3n) is 5.47. The van der Waals surface area contributed by atoms with Crippen LogP contribution in [0.4, 0.5) is 0 Å². The normalized spacial score (nSPS) is 27.1. The van der Waals surface area contributed by atoms with Crippen molar-refractivity contribution in [2.75, 3.05) is 32.8 Å². The summed E-state index contributed by atoms with van der Waals surface area (Å²) in [4.78, 5) is 14.5. The minimum atomic E-state index is -0.240. The van der Waals surface area contributed by atoms with E-state index in [1.807, 2.05) is 11.1 Å². The zero-order valence-corrected chi connectivity index (χ0v) is 12.9. The molecule has 3 aliphatic rings. The molecule has 22 heavy (non-hydrogen) atoms. The summed E-state index contributed by atoms with van der Waals surface area (Å²) < 4.78 is 6.13. The van der Waals surface area contributed by atoms with Crippen molar-refractivity contribution >= 4 is 5.91 Å². The monoisotopic (exact) mass is 304 g/mol. The SMILES string of the molecule is O=C(CC1CCNC1)N1CCC2(CC1)OCCc1cn[nH]c12. The molecule has 120 valence electrons. The molecule has 4 rings (SSSR count). The summed E-state index contributed by atoms with van der Waals surface area (Å²) in [6, 6.07) is 0. The highest BCUT2D eigenvalue weighted by Crippen LogP contribution is 2.40. The van der Waals surface area contributed by atoms with Gasteiger partial charge in [0.25, 0.3) is 0 Å². The van der Waals surface area contributed by atoms with Crippen molar-refractivity contribution in [2.24, 2.45) is 5.92 Å². The Hall–Kier alpha value is -1.40. The summed E-state index contributed by atoms with van der Waals surface area (Å²) in [7, 11) is 0. The maximum Gasteiger partial charge on any atom is 0.222 e. The van der Waals surface area contributed by atoms with E-state index in [2.05, 4.69) is 15.5 Å². The Kier molecular flexibility index (Phi) is 3.66. The minimum absolute atomic E-state index is 0.240. The molecule has 0 saturated carbocycles. The van der Waals surface area contributed by atoms with Gasteiger partial charge >= 0.3 is 0 Å². The first kappa shape index (κ1) is 14.2. The summed E-state index contributed by atoms with van der Waals surface area (Å²) in [5.41, 5.74) is 2.18. The largest absolute Gasteiger partial charge is 0.368 e. The first-order chi connectivity index (χ1) is 10.8. The number of nitrogens with one attached hydrogen (secondary N) is 2. The number of rotatable bonds is 2. The fourth-order valence-corrected chi connectivity index (χ4v) is 4.10. The predicted octanol–water partition coefficient (Wildman–Crippen LogP) is 0.800. The maximum atomic E-state index is 12.5. The number of carbonyl (C=O) groups excluding carboxylic acids is 1. The summed E-state index contributed by atoms with van der Waals surface area (Å²) in [5, 5.41) is 10.7. The van der Waals surface area contributed by atoms with E-state index in [-0.39, 0.29) is 5.60 Å². The first-order valence-corrected chi connectivity index (χ1v) is 8.42. The van der Waals surface area contributed by atoms with E-state index in [1.165, 1.54) is 5.56 Å². The van der Waals surface area contributed by atoms with Crippen molar-refractivity contribution in [3.05, 3.63) is 17.5 Å². The van der Waals surface area contributed by atoms with Gasteiger partial charge in [0.1, 0.15) is 5.60 Å². The number of hydrogen-bond acceptors (Lipinski definition) is 4. The quantitative estimate of drug-likeness (QED) is 0.848. The Balaban J connectivity index is 1.40. The number of carbonyl (C=O) groups is 1. The minimum Gasteiger partial charge on any atom is -0.368 e. The van der Waals surface area contributed by atoms with Crippen LogP contribution in [-0.2, 0) is 21.6 Å².